The largest absolute Gasteiger partial charge is 0.469 e. The van der Waals surface area contributed by atoms with E-state index in [-0.39, 0.29) is 31.8 Å². The third-order valence-electron chi connectivity index (χ3n) is 7.37. The molecule has 1 aliphatic rings. The van der Waals surface area contributed by atoms with Crippen molar-refractivity contribution in [2.24, 2.45) is 10.9 Å². The molecular formula is C32H30N4O4. The van der Waals surface area contributed by atoms with Gasteiger partial charge in [0, 0.05) is 13.0 Å². The fourth-order valence-electron chi connectivity index (χ4n) is 5.37. The molecule has 0 bridgehead atoms. The molecule has 0 aromatic heterocycles. The van der Waals surface area contributed by atoms with Crippen molar-refractivity contribution in [2.45, 2.75) is 31.5 Å². The summed E-state index contributed by atoms with van der Waals surface area (Å²) in [5.41, 5.74) is 1.81. The topological polar surface area (TPSA) is 105 Å². The van der Waals surface area contributed by atoms with Gasteiger partial charge in [-0.1, -0.05) is 84.9 Å². The standard InChI is InChI=1S/C32H30N4O4/c1-40-29(37)16-17-32(28-10-6-3-7-11-28)30(38)35(31(39)36(32)22-23-8-4-2-5-9-23)21-25-13-15-26-14-12-24(20-34-33)18-27(26)19-25/h2-15,18-20H,16-17,21-22,33H2,1H3. The van der Waals surface area contributed by atoms with Crippen LogP contribution in [-0.2, 0) is 33.0 Å². The molecule has 1 unspecified atom stereocenters. The van der Waals surface area contributed by atoms with Crippen LogP contribution in [-0.4, -0.2) is 41.0 Å². The molecule has 1 atom stereocenters. The summed E-state index contributed by atoms with van der Waals surface area (Å²) in [7, 11) is 1.32. The number of esters is 1. The Morgan fingerprint density at radius 2 is 1.57 bits per heavy atom. The zero-order chi connectivity index (χ0) is 28.1. The summed E-state index contributed by atoms with van der Waals surface area (Å²) in [6, 6.07) is 30.0. The first-order chi connectivity index (χ1) is 19.5. The number of nitrogens with two attached hydrogens (primary N) is 1. The van der Waals surface area contributed by atoms with E-state index in [2.05, 4.69) is 5.10 Å². The highest BCUT2D eigenvalue weighted by Gasteiger charge is 2.58. The van der Waals surface area contributed by atoms with Crippen molar-refractivity contribution in [3.63, 3.8) is 0 Å². The maximum atomic E-state index is 14.4. The summed E-state index contributed by atoms with van der Waals surface area (Å²) in [4.78, 5) is 43.7. The number of amides is 3. The summed E-state index contributed by atoms with van der Waals surface area (Å²) in [6.45, 7) is 0.290. The number of ether oxygens (including phenoxy) is 1. The van der Waals surface area contributed by atoms with Gasteiger partial charge in [-0.3, -0.25) is 14.5 Å². The first kappa shape index (κ1) is 26.6. The molecule has 1 heterocycles. The van der Waals surface area contributed by atoms with Crippen LogP contribution in [0, 0.1) is 0 Å². The van der Waals surface area contributed by atoms with E-state index in [1.165, 1.54) is 12.0 Å². The Morgan fingerprint density at radius 1 is 0.875 bits per heavy atom. The first-order valence-electron chi connectivity index (χ1n) is 13.0. The van der Waals surface area contributed by atoms with Gasteiger partial charge in [0.15, 0.2) is 0 Å². The molecular weight excluding hydrogens is 504 g/mol. The second kappa shape index (κ2) is 11.4. The predicted molar refractivity (Wildman–Crippen MR) is 153 cm³/mol. The molecule has 40 heavy (non-hydrogen) atoms. The van der Waals surface area contributed by atoms with E-state index < -0.39 is 17.5 Å². The summed E-state index contributed by atoms with van der Waals surface area (Å²) in [6.07, 6.45) is 1.64. The molecule has 1 saturated heterocycles. The molecule has 0 radical (unpaired) electrons. The van der Waals surface area contributed by atoms with Crippen molar-refractivity contribution >= 4 is 34.9 Å². The summed E-state index contributed by atoms with van der Waals surface area (Å²) >= 11 is 0. The van der Waals surface area contributed by atoms with E-state index in [0.29, 0.717) is 5.56 Å². The molecule has 4 aromatic rings. The van der Waals surface area contributed by atoms with Gasteiger partial charge >= 0.3 is 12.0 Å². The molecule has 2 N–H and O–H groups in total. The number of rotatable bonds is 9. The van der Waals surface area contributed by atoms with Crippen molar-refractivity contribution in [3.8, 4) is 0 Å². The molecule has 0 saturated carbocycles. The average molecular weight is 535 g/mol. The molecule has 8 heteroatoms. The average Bonchev–Trinajstić information content (AvgIpc) is 3.18. The molecule has 1 fully saturated rings. The number of carbonyl (C=O) groups excluding carboxylic acids is 3. The highest BCUT2D eigenvalue weighted by atomic mass is 16.5. The number of hydrazone groups is 1. The normalized spacial score (nSPS) is 17.2. The van der Waals surface area contributed by atoms with Gasteiger partial charge in [-0.25, -0.2) is 4.79 Å². The molecule has 4 aromatic carbocycles. The van der Waals surface area contributed by atoms with E-state index >= 15 is 0 Å². The Balaban J connectivity index is 1.58. The molecule has 1 aliphatic heterocycles. The van der Waals surface area contributed by atoms with E-state index in [1.807, 2.05) is 97.1 Å². The van der Waals surface area contributed by atoms with Crippen molar-refractivity contribution in [1.29, 1.82) is 0 Å². The summed E-state index contributed by atoms with van der Waals surface area (Å²) in [5.74, 6) is 4.51. The zero-order valence-corrected chi connectivity index (χ0v) is 22.2. The van der Waals surface area contributed by atoms with Crippen LogP contribution in [0.15, 0.2) is 102 Å². The smallest absolute Gasteiger partial charge is 0.328 e. The fraction of sp³-hybridized carbons (Fsp3) is 0.188. The van der Waals surface area contributed by atoms with E-state index in [0.717, 1.165) is 27.5 Å². The first-order valence-corrected chi connectivity index (χ1v) is 13.0. The lowest BCUT2D eigenvalue weighted by Gasteiger charge is -2.35. The predicted octanol–water partition coefficient (Wildman–Crippen LogP) is 4.95. The minimum atomic E-state index is -1.37. The molecule has 8 nitrogen and oxygen atoms in total. The van der Waals surface area contributed by atoms with Gasteiger partial charge in [0.25, 0.3) is 5.91 Å². The van der Waals surface area contributed by atoms with Crippen LogP contribution in [0.5, 0.6) is 0 Å². The van der Waals surface area contributed by atoms with Gasteiger partial charge in [0.05, 0.1) is 19.9 Å². The molecule has 5 rings (SSSR count). The minimum absolute atomic E-state index is 0.0228. The van der Waals surface area contributed by atoms with Crippen molar-refractivity contribution < 1.29 is 19.1 Å². The van der Waals surface area contributed by atoms with Crippen LogP contribution in [0.4, 0.5) is 4.79 Å². The zero-order valence-electron chi connectivity index (χ0n) is 22.2. The van der Waals surface area contributed by atoms with E-state index in [1.54, 1.807) is 11.1 Å². The van der Waals surface area contributed by atoms with E-state index in [4.69, 9.17) is 10.6 Å². The number of carbonyl (C=O) groups is 3. The summed E-state index contributed by atoms with van der Waals surface area (Å²) in [5, 5.41) is 5.55. The van der Waals surface area contributed by atoms with Crippen molar-refractivity contribution in [1.82, 2.24) is 9.80 Å². The second-order valence-corrected chi connectivity index (χ2v) is 9.77. The molecule has 0 spiro atoms. The number of urea groups is 1. The van der Waals surface area contributed by atoms with Crippen molar-refractivity contribution in [3.05, 3.63) is 119 Å². The highest BCUT2D eigenvalue weighted by Crippen LogP contribution is 2.43. The molecule has 3 amide bonds. The number of fused-ring (bicyclic) bond motifs is 1. The lowest BCUT2D eigenvalue weighted by molar-refractivity contribution is -0.142. The lowest BCUT2D eigenvalue weighted by Crippen LogP contribution is -2.47. The Bertz CT molecular complexity index is 1570. The van der Waals surface area contributed by atoms with Crippen LogP contribution in [0.3, 0.4) is 0 Å². The maximum Gasteiger partial charge on any atom is 0.328 e. The summed E-state index contributed by atoms with van der Waals surface area (Å²) < 4.78 is 4.91. The van der Waals surface area contributed by atoms with Gasteiger partial charge in [-0.15, -0.1) is 0 Å². The fourth-order valence-corrected chi connectivity index (χ4v) is 5.37. The number of hydrogen-bond acceptors (Lipinski definition) is 6. The number of methoxy groups -OCH3 is 1. The third-order valence-corrected chi connectivity index (χ3v) is 7.37. The minimum Gasteiger partial charge on any atom is -0.469 e. The highest BCUT2D eigenvalue weighted by molar-refractivity contribution is 6.07. The lowest BCUT2D eigenvalue weighted by atomic mass is 9.83. The molecule has 202 valence electrons. The van der Waals surface area contributed by atoms with Crippen LogP contribution in [0.2, 0.25) is 0 Å². The van der Waals surface area contributed by atoms with Gasteiger partial charge in [-0.05, 0) is 51.6 Å². The Hall–Kier alpha value is -4.98. The van der Waals surface area contributed by atoms with Gasteiger partial charge in [0.2, 0.25) is 0 Å². The van der Waals surface area contributed by atoms with Gasteiger partial charge in [0.1, 0.15) is 5.54 Å². The van der Waals surface area contributed by atoms with Crippen LogP contribution in [0.1, 0.15) is 35.1 Å². The monoisotopic (exact) mass is 534 g/mol. The Kier molecular flexibility index (Phi) is 7.59. The van der Waals surface area contributed by atoms with Crippen molar-refractivity contribution in [2.75, 3.05) is 7.11 Å². The number of imide groups is 1. The van der Waals surface area contributed by atoms with Crippen LogP contribution >= 0.6 is 0 Å². The maximum absolute atomic E-state index is 14.4. The van der Waals surface area contributed by atoms with Crippen LogP contribution in [0.25, 0.3) is 10.8 Å². The quantitative estimate of drug-likeness (QED) is 0.108. The van der Waals surface area contributed by atoms with E-state index in [9.17, 15) is 14.4 Å². The number of hydrogen-bond donors (Lipinski definition) is 1. The third kappa shape index (κ3) is 5.03. The van der Waals surface area contributed by atoms with Crippen LogP contribution < -0.4 is 5.84 Å². The Labute approximate surface area is 232 Å². The SMILES string of the molecule is COC(=O)CCC1(c2ccccc2)C(=O)N(Cc2ccc3ccc(C=NN)cc3c2)C(=O)N1Cc1ccccc1. The van der Waals surface area contributed by atoms with Gasteiger partial charge in [-0.2, -0.15) is 5.10 Å². The van der Waals surface area contributed by atoms with Gasteiger partial charge < -0.3 is 15.5 Å². The Morgan fingerprint density at radius 3 is 2.27 bits per heavy atom. The number of benzene rings is 4. The number of nitrogens with zero attached hydrogens (tertiary/aromatic N) is 3. The second-order valence-electron chi connectivity index (χ2n) is 9.77. The molecule has 0 aliphatic carbocycles.